The van der Waals surface area contributed by atoms with Crippen molar-refractivity contribution in [1.29, 1.82) is 5.41 Å². The number of rotatable bonds is 0. The van der Waals surface area contributed by atoms with Gasteiger partial charge in [0.25, 0.3) is 0 Å². The van der Waals surface area contributed by atoms with Crippen LogP contribution in [0.15, 0.2) is 60.7 Å². The van der Waals surface area contributed by atoms with Gasteiger partial charge in [-0.15, -0.1) is 0 Å². The molecule has 0 amide bonds. The lowest BCUT2D eigenvalue weighted by atomic mass is 10.0. The molecule has 0 unspecified atom stereocenters. The predicted octanol–water partition coefficient (Wildman–Crippen LogP) is 3.42. The number of benzene rings is 2. The van der Waals surface area contributed by atoms with Crippen LogP contribution >= 0.6 is 0 Å². The molecule has 0 fully saturated rings. The SMILES string of the molecule is N=c1cccc2cccc3ccccc3c1-2. The minimum absolute atomic E-state index is 0.588. The fraction of sp³-hybridized carbons (Fsp3) is 0. The van der Waals surface area contributed by atoms with Gasteiger partial charge in [0.15, 0.2) is 0 Å². The van der Waals surface area contributed by atoms with E-state index in [2.05, 4.69) is 30.3 Å². The third-order valence-electron chi connectivity index (χ3n) is 2.88. The minimum atomic E-state index is 0.588. The molecule has 0 atom stereocenters. The summed E-state index contributed by atoms with van der Waals surface area (Å²) in [5.41, 5.74) is 2.15. The van der Waals surface area contributed by atoms with Crippen LogP contribution in [0.25, 0.3) is 21.9 Å². The third-order valence-corrected chi connectivity index (χ3v) is 2.88. The van der Waals surface area contributed by atoms with Crippen molar-refractivity contribution in [2.75, 3.05) is 0 Å². The predicted molar refractivity (Wildman–Crippen MR) is 66.4 cm³/mol. The average Bonchev–Trinajstić information content (AvgIpc) is 2.49. The summed E-state index contributed by atoms with van der Waals surface area (Å²) in [6.07, 6.45) is 0. The zero-order valence-corrected chi connectivity index (χ0v) is 8.77. The average molecular weight is 205 g/mol. The van der Waals surface area contributed by atoms with Gasteiger partial charge in [0.2, 0.25) is 0 Å². The highest BCUT2D eigenvalue weighted by atomic mass is 14.4. The summed E-state index contributed by atoms with van der Waals surface area (Å²) in [6.45, 7) is 0. The molecule has 1 nitrogen and oxygen atoms in total. The standard InChI is InChI=1S/C15H11N/c16-14-10-4-8-12-7-3-6-11-5-1-2-9-13(11)15(12)14/h1-10,16H. The first-order chi connectivity index (χ1) is 7.86. The maximum absolute atomic E-state index is 8.03. The summed E-state index contributed by atoms with van der Waals surface area (Å²) in [6, 6.07) is 20.2. The lowest BCUT2D eigenvalue weighted by molar-refractivity contribution is 1.28. The van der Waals surface area contributed by atoms with Gasteiger partial charge in [-0.3, -0.25) is 0 Å². The van der Waals surface area contributed by atoms with E-state index in [1.165, 1.54) is 5.39 Å². The molecule has 76 valence electrons. The van der Waals surface area contributed by atoms with E-state index in [4.69, 9.17) is 5.41 Å². The zero-order valence-electron chi connectivity index (χ0n) is 8.77. The largest absolute Gasteiger partial charge is 0.300 e. The second kappa shape index (κ2) is 3.46. The van der Waals surface area contributed by atoms with Crippen molar-refractivity contribution in [3.8, 4) is 11.1 Å². The molecule has 1 heteroatoms. The molecule has 0 spiro atoms. The van der Waals surface area contributed by atoms with Crippen molar-refractivity contribution in [1.82, 2.24) is 0 Å². The Morgan fingerprint density at radius 3 is 2.25 bits per heavy atom. The molecule has 0 saturated heterocycles. The van der Waals surface area contributed by atoms with Gasteiger partial charge < -0.3 is 5.41 Å². The van der Waals surface area contributed by atoms with Crippen LogP contribution in [-0.4, -0.2) is 0 Å². The molecule has 0 radical (unpaired) electrons. The maximum Gasteiger partial charge on any atom is 0.0624 e. The molecule has 1 aromatic rings. The van der Waals surface area contributed by atoms with Gasteiger partial charge >= 0.3 is 0 Å². The van der Waals surface area contributed by atoms with Gasteiger partial charge in [0, 0.05) is 5.56 Å². The van der Waals surface area contributed by atoms with E-state index in [0.29, 0.717) is 5.36 Å². The van der Waals surface area contributed by atoms with Gasteiger partial charge in [0.05, 0.1) is 5.36 Å². The van der Waals surface area contributed by atoms with E-state index < -0.39 is 0 Å². The second-order valence-electron chi connectivity index (χ2n) is 3.88. The van der Waals surface area contributed by atoms with Gasteiger partial charge in [-0.25, -0.2) is 0 Å². The lowest BCUT2D eigenvalue weighted by Crippen LogP contribution is -2.02. The fourth-order valence-electron chi connectivity index (χ4n) is 2.14. The van der Waals surface area contributed by atoms with Crippen molar-refractivity contribution < 1.29 is 0 Å². The van der Waals surface area contributed by atoms with E-state index in [9.17, 15) is 0 Å². The summed E-state index contributed by atoms with van der Waals surface area (Å²) in [4.78, 5) is 0. The van der Waals surface area contributed by atoms with Crippen LogP contribution < -0.4 is 5.36 Å². The molecule has 1 N–H and O–H groups in total. The van der Waals surface area contributed by atoms with Crippen LogP contribution in [0.5, 0.6) is 0 Å². The summed E-state index contributed by atoms with van der Waals surface area (Å²) in [5, 5.41) is 10.9. The van der Waals surface area contributed by atoms with Crippen LogP contribution in [0.1, 0.15) is 0 Å². The first kappa shape index (κ1) is 9.10. The number of nitrogens with one attached hydrogen (secondary N) is 1. The molecule has 2 aliphatic carbocycles. The first-order valence-electron chi connectivity index (χ1n) is 5.32. The maximum atomic E-state index is 8.03. The first-order valence-corrected chi connectivity index (χ1v) is 5.32. The van der Waals surface area contributed by atoms with Crippen molar-refractivity contribution in [2.24, 2.45) is 0 Å². The topological polar surface area (TPSA) is 23.9 Å². The van der Waals surface area contributed by atoms with Crippen molar-refractivity contribution >= 4 is 10.8 Å². The molecule has 3 rings (SSSR count). The quantitative estimate of drug-likeness (QED) is 0.581. The van der Waals surface area contributed by atoms with E-state index in [1.54, 1.807) is 0 Å². The van der Waals surface area contributed by atoms with E-state index in [1.807, 2.05) is 30.3 Å². The Balaban J connectivity index is 2.64. The van der Waals surface area contributed by atoms with Gasteiger partial charge in [-0.1, -0.05) is 54.6 Å². The van der Waals surface area contributed by atoms with Gasteiger partial charge in [-0.05, 0) is 22.4 Å². The molecular formula is C15H11N. The summed E-state index contributed by atoms with van der Waals surface area (Å²) in [7, 11) is 0. The monoisotopic (exact) mass is 205 g/mol. The van der Waals surface area contributed by atoms with E-state index >= 15 is 0 Å². The van der Waals surface area contributed by atoms with Gasteiger partial charge in [0.1, 0.15) is 0 Å². The number of hydrogen-bond acceptors (Lipinski definition) is 1. The summed E-state index contributed by atoms with van der Waals surface area (Å²) in [5.74, 6) is 0. The zero-order chi connectivity index (χ0) is 11.0. The highest BCUT2D eigenvalue weighted by molar-refractivity contribution is 5.96. The molecule has 16 heavy (non-hydrogen) atoms. The molecule has 0 aliphatic heterocycles. The molecular weight excluding hydrogens is 194 g/mol. The number of fused-ring (bicyclic) bond motifs is 3. The minimum Gasteiger partial charge on any atom is -0.300 e. The van der Waals surface area contributed by atoms with Crippen molar-refractivity contribution in [3.05, 3.63) is 66.0 Å². The van der Waals surface area contributed by atoms with Crippen LogP contribution in [-0.2, 0) is 0 Å². The molecule has 0 aromatic heterocycles. The molecule has 1 aromatic carbocycles. The highest BCUT2D eigenvalue weighted by Crippen LogP contribution is 2.25. The molecule has 2 aliphatic rings. The normalized spacial score (nSPS) is 10.8. The Kier molecular flexibility index (Phi) is 1.97. The molecule has 0 bridgehead atoms. The Bertz CT molecular complexity index is 685. The Labute approximate surface area is 93.8 Å². The van der Waals surface area contributed by atoms with Crippen molar-refractivity contribution in [2.45, 2.75) is 0 Å². The Hall–Kier alpha value is -2.15. The van der Waals surface area contributed by atoms with E-state index in [-0.39, 0.29) is 0 Å². The smallest absolute Gasteiger partial charge is 0.0624 e. The van der Waals surface area contributed by atoms with E-state index in [0.717, 1.165) is 16.5 Å². The van der Waals surface area contributed by atoms with Crippen LogP contribution in [0, 0.1) is 5.41 Å². The van der Waals surface area contributed by atoms with Gasteiger partial charge in [-0.2, -0.15) is 0 Å². The summed E-state index contributed by atoms with van der Waals surface area (Å²) < 4.78 is 0. The van der Waals surface area contributed by atoms with Crippen molar-refractivity contribution in [3.63, 3.8) is 0 Å². The lowest BCUT2D eigenvalue weighted by Gasteiger charge is -2.03. The van der Waals surface area contributed by atoms with Crippen LogP contribution in [0.3, 0.4) is 0 Å². The highest BCUT2D eigenvalue weighted by Gasteiger charge is 2.04. The summed E-state index contributed by atoms with van der Waals surface area (Å²) >= 11 is 0. The molecule has 0 heterocycles. The Morgan fingerprint density at radius 2 is 1.38 bits per heavy atom. The number of hydrogen-bond donors (Lipinski definition) is 1. The Morgan fingerprint density at radius 1 is 0.688 bits per heavy atom. The van der Waals surface area contributed by atoms with Crippen LogP contribution in [0.2, 0.25) is 0 Å². The molecule has 0 saturated carbocycles. The second-order valence-corrected chi connectivity index (χ2v) is 3.88. The fourth-order valence-corrected chi connectivity index (χ4v) is 2.14. The van der Waals surface area contributed by atoms with Crippen LogP contribution in [0.4, 0.5) is 0 Å². The third kappa shape index (κ3) is 1.29.